The van der Waals surface area contributed by atoms with Crippen LogP contribution in [0.1, 0.15) is 39.8 Å². The number of hydrogen-bond acceptors (Lipinski definition) is 5. The summed E-state index contributed by atoms with van der Waals surface area (Å²) in [6, 6.07) is 0. The third-order valence-corrected chi connectivity index (χ3v) is 5.04. The molecule has 5 N–H and O–H groups in total. The quantitative estimate of drug-likeness (QED) is 0.772. The highest BCUT2D eigenvalue weighted by molar-refractivity contribution is 7.19. The summed E-state index contributed by atoms with van der Waals surface area (Å²) < 4.78 is 0. The van der Waals surface area contributed by atoms with E-state index >= 15 is 0 Å². The molecule has 0 aliphatic carbocycles. The molecule has 7 heteroatoms. The van der Waals surface area contributed by atoms with Crippen LogP contribution in [0.4, 0.5) is 10.7 Å². The average Bonchev–Trinajstić information content (AvgIpc) is 3.01. The number of nitrogens with one attached hydrogen (secondary N) is 1. The Hall–Kier alpha value is -1.76. The van der Waals surface area contributed by atoms with E-state index in [1.807, 2.05) is 0 Å². The summed E-state index contributed by atoms with van der Waals surface area (Å²) in [6.45, 7) is 3.92. The first-order chi connectivity index (χ1) is 9.49. The van der Waals surface area contributed by atoms with E-state index in [0.29, 0.717) is 11.5 Å². The first-order valence-corrected chi connectivity index (χ1v) is 7.50. The minimum Gasteiger partial charge on any atom is -0.397 e. The zero-order chi connectivity index (χ0) is 14.9. The molecule has 1 aliphatic heterocycles. The summed E-state index contributed by atoms with van der Waals surface area (Å²) in [4.78, 5) is 25.9. The summed E-state index contributed by atoms with van der Waals surface area (Å²) in [6.07, 6.45) is 2.20. The molecule has 1 aromatic heterocycles. The molecular formula is C13H20N4O2S. The molecule has 2 amide bonds. The molecule has 1 aliphatic rings. The molecule has 2 heterocycles. The Labute approximate surface area is 122 Å². The number of nitrogens with two attached hydrogens (primary N) is 2. The predicted octanol–water partition coefficient (Wildman–Crippen LogP) is 1.03. The second-order valence-electron chi connectivity index (χ2n) is 4.98. The van der Waals surface area contributed by atoms with Gasteiger partial charge in [-0.15, -0.1) is 11.3 Å². The van der Waals surface area contributed by atoms with Gasteiger partial charge in [0, 0.05) is 20.1 Å². The number of thiophene rings is 1. The minimum atomic E-state index is -0.588. The molecule has 110 valence electrons. The Kier molecular flexibility index (Phi) is 4.17. The Bertz CT molecular complexity index is 541. The molecule has 1 aromatic rings. The van der Waals surface area contributed by atoms with Crippen molar-refractivity contribution in [1.29, 1.82) is 0 Å². The van der Waals surface area contributed by atoms with Crippen molar-refractivity contribution >= 4 is 33.8 Å². The summed E-state index contributed by atoms with van der Waals surface area (Å²) in [5.41, 5.74) is 11.8. The molecule has 1 unspecified atom stereocenters. The van der Waals surface area contributed by atoms with Crippen LogP contribution >= 0.6 is 11.3 Å². The molecule has 2 rings (SSSR count). The topological polar surface area (TPSA) is 101 Å². The van der Waals surface area contributed by atoms with Gasteiger partial charge in [-0.1, -0.05) is 13.3 Å². The number of carbonyl (C=O) groups excluding carboxylic acids is 2. The van der Waals surface area contributed by atoms with E-state index in [1.54, 1.807) is 7.05 Å². The number of primary amides is 1. The summed E-state index contributed by atoms with van der Waals surface area (Å²) in [5, 5.41) is 3.33. The third kappa shape index (κ3) is 2.45. The van der Waals surface area contributed by atoms with E-state index in [-0.39, 0.29) is 16.5 Å². The van der Waals surface area contributed by atoms with Gasteiger partial charge in [0.25, 0.3) is 11.8 Å². The van der Waals surface area contributed by atoms with Crippen molar-refractivity contribution < 1.29 is 9.59 Å². The maximum Gasteiger partial charge on any atom is 0.260 e. The molecular weight excluding hydrogens is 276 g/mol. The second-order valence-corrected chi connectivity index (χ2v) is 5.98. The standard InChI is InChI=1S/C13H20N4O2S/c1-3-7-4-5-17(6-7)13-8(12(19)16-2)9(14)10(20-13)11(15)18/h7H,3-6,14H2,1-2H3,(H2,15,18)(H,16,19). The van der Waals surface area contributed by atoms with Crippen molar-refractivity contribution in [2.45, 2.75) is 19.8 Å². The number of hydrogen-bond donors (Lipinski definition) is 3. The van der Waals surface area contributed by atoms with E-state index < -0.39 is 5.91 Å². The lowest BCUT2D eigenvalue weighted by Crippen LogP contribution is -2.25. The van der Waals surface area contributed by atoms with Crippen LogP contribution in [0.3, 0.4) is 0 Å². The van der Waals surface area contributed by atoms with E-state index in [4.69, 9.17) is 11.5 Å². The number of nitrogen functional groups attached to an aromatic ring is 1. The van der Waals surface area contributed by atoms with Gasteiger partial charge in [-0.05, 0) is 12.3 Å². The van der Waals surface area contributed by atoms with E-state index in [1.165, 1.54) is 11.3 Å². The molecule has 1 atom stereocenters. The van der Waals surface area contributed by atoms with Gasteiger partial charge in [0.15, 0.2) is 0 Å². The van der Waals surface area contributed by atoms with Crippen LogP contribution in [0.5, 0.6) is 0 Å². The Morgan fingerprint density at radius 1 is 1.50 bits per heavy atom. The van der Waals surface area contributed by atoms with Gasteiger partial charge in [-0.3, -0.25) is 9.59 Å². The van der Waals surface area contributed by atoms with Gasteiger partial charge < -0.3 is 21.7 Å². The highest BCUT2D eigenvalue weighted by Crippen LogP contribution is 2.40. The van der Waals surface area contributed by atoms with Crippen molar-refractivity contribution in [3.63, 3.8) is 0 Å². The predicted molar refractivity (Wildman–Crippen MR) is 81.3 cm³/mol. The normalized spacial score (nSPS) is 18.3. The van der Waals surface area contributed by atoms with Gasteiger partial charge in [-0.2, -0.15) is 0 Å². The maximum atomic E-state index is 12.0. The largest absolute Gasteiger partial charge is 0.397 e. The Morgan fingerprint density at radius 3 is 2.70 bits per heavy atom. The molecule has 0 saturated carbocycles. The first-order valence-electron chi connectivity index (χ1n) is 6.68. The maximum absolute atomic E-state index is 12.0. The molecule has 1 saturated heterocycles. The first kappa shape index (κ1) is 14.6. The summed E-state index contributed by atoms with van der Waals surface area (Å²) in [7, 11) is 1.55. The highest BCUT2D eigenvalue weighted by atomic mass is 32.1. The zero-order valence-corrected chi connectivity index (χ0v) is 12.5. The average molecular weight is 296 g/mol. The molecule has 1 fully saturated rings. The van der Waals surface area contributed by atoms with Crippen molar-refractivity contribution in [1.82, 2.24) is 5.32 Å². The summed E-state index contributed by atoms with van der Waals surface area (Å²) >= 11 is 1.21. The van der Waals surface area contributed by atoms with Crippen molar-refractivity contribution in [2.75, 3.05) is 30.8 Å². The molecule has 20 heavy (non-hydrogen) atoms. The second kappa shape index (κ2) is 5.70. The Morgan fingerprint density at radius 2 is 2.20 bits per heavy atom. The zero-order valence-electron chi connectivity index (χ0n) is 11.7. The van der Waals surface area contributed by atoms with Crippen LogP contribution in [-0.4, -0.2) is 32.0 Å². The monoisotopic (exact) mass is 296 g/mol. The van der Waals surface area contributed by atoms with Crippen molar-refractivity contribution in [2.24, 2.45) is 11.7 Å². The lowest BCUT2D eigenvalue weighted by Gasteiger charge is -2.18. The number of anilines is 2. The van der Waals surface area contributed by atoms with Gasteiger partial charge in [0.1, 0.15) is 9.88 Å². The third-order valence-electron chi connectivity index (χ3n) is 3.75. The number of carbonyl (C=O) groups is 2. The van der Waals surface area contributed by atoms with Crippen LogP contribution in [0, 0.1) is 5.92 Å². The van der Waals surface area contributed by atoms with Crippen LogP contribution in [0.25, 0.3) is 0 Å². The lowest BCUT2D eigenvalue weighted by molar-refractivity contribution is 0.0964. The molecule has 0 spiro atoms. The van der Waals surface area contributed by atoms with Crippen LogP contribution in [0.2, 0.25) is 0 Å². The van der Waals surface area contributed by atoms with Gasteiger partial charge in [0.2, 0.25) is 0 Å². The van der Waals surface area contributed by atoms with E-state index in [0.717, 1.165) is 30.9 Å². The summed E-state index contributed by atoms with van der Waals surface area (Å²) in [5.74, 6) is -0.246. The van der Waals surface area contributed by atoms with Crippen molar-refractivity contribution in [3.8, 4) is 0 Å². The van der Waals surface area contributed by atoms with Crippen LogP contribution in [0.15, 0.2) is 0 Å². The molecule has 0 radical (unpaired) electrons. The highest BCUT2D eigenvalue weighted by Gasteiger charge is 2.30. The van der Waals surface area contributed by atoms with Gasteiger partial charge >= 0.3 is 0 Å². The SMILES string of the molecule is CCC1CCN(c2sc(C(N)=O)c(N)c2C(=O)NC)C1. The van der Waals surface area contributed by atoms with E-state index in [9.17, 15) is 9.59 Å². The van der Waals surface area contributed by atoms with Crippen LogP contribution in [-0.2, 0) is 0 Å². The van der Waals surface area contributed by atoms with Crippen molar-refractivity contribution in [3.05, 3.63) is 10.4 Å². The minimum absolute atomic E-state index is 0.191. The van der Waals surface area contributed by atoms with Gasteiger partial charge in [0.05, 0.1) is 11.3 Å². The fourth-order valence-corrected chi connectivity index (χ4v) is 3.64. The smallest absolute Gasteiger partial charge is 0.260 e. The fraction of sp³-hybridized carbons (Fsp3) is 0.538. The molecule has 0 aromatic carbocycles. The molecule has 6 nitrogen and oxygen atoms in total. The van der Waals surface area contributed by atoms with Crippen LogP contribution < -0.4 is 21.7 Å². The number of amides is 2. The number of nitrogens with zero attached hydrogens (tertiary/aromatic N) is 1. The Balaban J connectivity index is 2.43. The van der Waals surface area contributed by atoms with Gasteiger partial charge in [-0.25, -0.2) is 0 Å². The lowest BCUT2D eigenvalue weighted by atomic mass is 10.1. The molecule has 0 bridgehead atoms. The fourth-order valence-electron chi connectivity index (χ4n) is 2.53. The van der Waals surface area contributed by atoms with E-state index in [2.05, 4.69) is 17.1 Å². The number of rotatable bonds is 4.